The van der Waals surface area contributed by atoms with Crippen LogP contribution in [0.5, 0.6) is 0 Å². The van der Waals surface area contributed by atoms with Crippen molar-refractivity contribution in [2.75, 3.05) is 31.7 Å². The summed E-state index contributed by atoms with van der Waals surface area (Å²) in [6.07, 6.45) is -2.93. The first-order valence-electron chi connectivity index (χ1n) is 7.05. The summed E-state index contributed by atoms with van der Waals surface area (Å²) in [7, 11) is 0. The highest BCUT2D eigenvalue weighted by Crippen LogP contribution is 2.35. The van der Waals surface area contributed by atoms with Gasteiger partial charge in [-0.1, -0.05) is 0 Å². The van der Waals surface area contributed by atoms with Crippen LogP contribution in [0.3, 0.4) is 0 Å². The fourth-order valence-electron chi connectivity index (χ4n) is 2.20. The van der Waals surface area contributed by atoms with Crippen molar-refractivity contribution in [2.45, 2.75) is 25.1 Å². The van der Waals surface area contributed by atoms with Crippen LogP contribution in [0.25, 0.3) is 0 Å². The van der Waals surface area contributed by atoms with Gasteiger partial charge in [0.25, 0.3) is 0 Å². The van der Waals surface area contributed by atoms with Crippen molar-refractivity contribution in [3.8, 4) is 6.07 Å². The maximum Gasteiger partial charge on any atom is 0.418 e. The third kappa shape index (κ3) is 4.61. The van der Waals surface area contributed by atoms with Crippen molar-refractivity contribution in [3.63, 3.8) is 0 Å². The molecule has 1 aromatic rings. The number of nitriles is 1. The molecule has 0 radical (unpaired) electrons. The van der Waals surface area contributed by atoms with Gasteiger partial charge in [0, 0.05) is 25.4 Å². The SMILES string of the molecule is N#Cc1ccc(C(F)(F)F)c(NCCCOC2CCOC2)c1. The van der Waals surface area contributed by atoms with Gasteiger partial charge in [-0.15, -0.1) is 0 Å². The second-order valence-corrected chi connectivity index (χ2v) is 5.01. The van der Waals surface area contributed by atoms with Gasteiger partial charge in [-0.25, -0.2) is 0 Å². The van der Waals surface area contributed by atoms with Crippen molar-refractivity contribution in [2.24, 2.45) is 0 Å². The predicted molar refractivity (Wildman–Crippen MR) is 74.4 cm³/mol. The zero-order valence-electron chi connectivity index (χ0n) is 11.9. The molecule has 22 heavy (non-hydrogen) atoms. The van der Waals surface area contributed by atoms with E-state index < -0.39 is 11.7 Å². The van der Waals surface area contributed by atoms with Gasteiger partial charge in [0.1, 0.15) is 0 Å². The third-order valence-corrected chi connectivity index (χ3v) is 3.33. The Hall–Kier alpha value is -1.78. The number of ether oxygens (including phenoxy) is 2. The topological polar surface area (TPSA) is 54.3 Å². The molecule has 1 heterocycles. The summed E-state index contributed by atoms with van der Waals surface area (Å²) in [4.78, 5) is 0. The summed E-state index contributed by atoms with van der Waals surface area (Å²) < 4.78 is 49.4. The number of halogens is 3. The number of hydrogen-bond donors (Lipinski definition) is 1. The second kappa shape index (κ2) is 7.47. The molecule has 0 amide bonds. The van der Waals surface area contributed by atoms with Gasteiger partial charge < -0.3 is 14.8 Å². The molecule has 1 aliphatic heterocycles. The molecule has 0 spiro atoms. The van der Waals surface area contributed by atoms with Gasteiger partial charge >= 0.3 is 6.18 Å². The van der Waals surface area contributed by atoms with E-state index in [0.717, 1.165) is 18.6 Å². The Morgan fingerprint density at radius 2 is 2.23 bits per heavy atom. The number of anilines is 1. The van der Waals surface area contributed by atoms with E-state index in [0.29, 0.717) is 32.8 Å². The van der Waals surface area contributed by atoms with E-state index in [4.69, 9.17) is 14.7 Å². The van der Waals surface area contributed by atoms with E-state index in [1.165, 1.54) is 6.07 Å². The molecule has 0 bridgehead atoms. The first kappa shape index (κ1) is 16.6. The summed E-state index contributed by atoms with van der Waals surface area (Å²) >= 11 is 0. The summed E-state index contributed by atoms with van der Waals surface area (Å²) in [6, 6.07) is 5.14. The maximum atomic E-state index is 12.9. The molecular weight excluding hydrogens is 297 g/mol. The van der Waals surface area contributed by atoms with E-state index in [1.54, 1.807) is 0 Å². The highest BCUT2D eigenvalue weighted by molar-refractivity contribution is 5.56. The zero-order chi connectivity index (χ0) is 16.0. The standard InChI is InChI=1S/C15H17F3N2O2/c16-15(17,18)13-3-2-11(9-19)8-14(13)20-5-1-6-22-12-4-7-21-10-12/h2-3,8,12,20H,1,4-7,10H2. The molecule has 1 aromatic carbocycles. The first-order chi connectivity index (χ1) is 10.5. The Kier molecular flexibility index (Phi) is 5.63. The molecule has 1 aliphatic rings. The lowest BCUT2D eigenvalue weighted by molar-refractivity contribution is -0.136. The summed E-state index contributed by atoms with van der Waals surface area (Å²) in [5.74, 6) is 0. The lowest BCUT2D eigenvalue weighted by atomic mass is 10.1. The molecule has 7 heteroatoms. The van der Waals surface area contributed by atoms with E-state index in [9.17, 15) is 13.2 Å². The average Bonchev–Trinajstić information content (AvgIpc) is 2.99. The monoisotopic (exact) mass is 314 g/mol. The molecular formula is C15H17F3N2O2. The summed E-state index contributed by atoms with van der Waals surface area (Å²) in [5, 5.41) is 11.5. The number of hydrogen-bond acceptors (Lipinski definition) is 4. The van der Waals surface area contributed by atoms with Gasteiger partial charge in [0.2, 0.25) is 0 Å². The minimum Gasteiger partial charge on any atom is -0.384 e. The normalized spacial score (nSPS) is 18.2. The molecule has 0 saturated carbocycles. The first-order valence-corrected chi connectivity index (χ1v) is 7.05. The fraction of sp³-hybridized carbons (Fsp3) is 0.533. The minimum atomic E-state index is -4.45. The number of nitrogens with one attached hydrogen (secondary N) is 1. The Balaban J connectivity index is 1.86. The third-order valence-electron chi connectivity index (χ3n) is 3.33. The van der Waals surface area contributed by atoms with E-state index in [2.05, 4.69) is 5.32 Å². The van der Waals surface area contributed by atoms with Gasteiger partial charge in [-0.05, 0) is 31.0 Å². The molecule has 1 N–H and O–H groups in total. The van der Waals surface area contributed by atoms with Crippen LogP contribution >= 0.6 is 0 Å². The van der Waals surface area contributed by atoms with Crippen LogP contribution in [0.4, 0.5) is 18.9 Å². The number of alkyl halides is 3. The lowest BCUT2D eigenvalue weighted by Gasteiger charge is -2.15. The predicted octanol–water partition coefficient (Wildman–Crippen LogP) is 3.18. The second-order valence-electron chi connectivity index (χ2n) is 5.01. The molecule has 2 rings (SSSR count). The van der Waals surface area contributed by atoms with Crippen molar-refractivity contribution < 1.29 is 22.6 Å². The van der Waals surface area contributed by atoms with Crippen LogP contribution in [0.2, 0.25) is 0 Å². The molecule has 120 valence electrons. The highest BCUT2D eigenvalue weighted by Gasteiger charge is 2.33. The molecule has 1 fully saturated rings. The largest absolute Gasteiger partial charge is 0.418 e. The molecule has 4 nitrogen and oxygen atoms in total. The van der Waals surface area contributed by atoms with Gasteiger partial charge in [0.05, 0.1) is 29.9 Å². The van der Waals surface area contributed by atoms with E-state index in [1.807, 2.05) is 6.07 Å². The highest BCUT2D eigenvalue weighted by atomic mass is 19.4. The van der Waals surface area contributed by atoms with E-state index in [-0.39, 0.29) is 17.4 Å². The Morgan fingerprint density at radius 1 is 1.41 bits per heavy atom. The Labute approximate surface area is 126 Å². The number of benzene rings is 1. The van der Waals surface area contributed by atoms with Crippen molar-refractivity contribution >= 4 is 5.69 Å². The maximum absolute atomic E-state index is 12.9. The molecule has 0 aromatic heterocycles. The van der Waals surface area contributed by atoms with Crippen molar-refractivity contribution in [1.82, 2.24) is 0 Å². The summed E-state index contributed by atoms with van der Waals surface area (Å²) in [5.41, 5.74) is -0.651. The Bertz CT molecular complexity index is 535. The molecule has 1 unspecified atom stereocenters. The van der Waals surface area contributed by atoms with Crippen LogP contribution in [-0.2, 0) is 15.7 Å². The Morgan fingerprint density at radius 3 is 2.86 bits per heavy atom. The number of nitrogens with zero attached hydrogens (tertiary/aromatic N) is 1. The van der Waals surface area contributed by atoms with Gasteiger partial charge in [0.15, 0.2) is 0 Å². The quantitative estimate of drug-likeness (QED) is 0.819. The van der Waals surface area contributed by atoms with Crippen molar-refractivity contribution in [1.29, 1.82) is 5.26 Å². The zero-order valence-corrected chi connectivity index (χ0v) is 11.9. The lowest BCUT2D eigenvalue weighted by Crippen LogP contribution is -2.16. The van der Waals surface area contributed by atoms with Crippen molar-refractivity contribution in [3.05, 3.63) is 29.3 Å². The van der Waals surface area contributed by atoms with Crippen LogP contribution in [0.1, 0.15) is 24.0 Å². The average molecular weight is 314 g/mol. The molecule has 1 atom stereocenters. The summed E-state index contributed by atoms with van der Waals surface area (Å²) in [6.45, 7) is 2.07. The van der Waals surface area contributed by atoms with Crippen LogP contribution < -0.4 is 5.32 Å². The molecule has 0 aliphatic carbocycles. The van der Waals surface area contributed by atoms with Gasteiger partial charge in [-0.2, -0.15) is 18.4 Å². The van der Waals surface area contributed by atoms with Crippen LogP contribution in [-0.4, -0.2) is 32.5 Å². The van der Waals surface area contributed by atoms with Crippen LogP contribution in [0.15, 0.2) is 18.2 Å². The van der Waals surface area contributed by atoms with Gasteiger partial charge in [-0.3, -0.25) is 0 Å². The minimum absolute atomic E-state index is 0.0734. The van der Waals surface area contributed by atoms with E-state index >= 15 is 0 Å². The molecule has 1 saturated heterocycles. The smallest absolute Gasteiger partial charge is 0.384 e. The fourth-order valence-corrected chi connectivity index (χ4v) is 2.20. The van der Waals surface area contributed by atoms with Crippen LogP contribution in [0, 0.1) is 11.3 Å². The number of rotatable bonds is 6.